The van der Waals surface area contributed by atoms with Gasteiger partial charge in [-0.3, -0.25) is 4.98 Å². The van der Waals surface area contributed by atoms with Gasteiger partial charge in [0.1, 0.15) is 0 Å². The van der Waals surface area contributed by atoms with E-state index in [0.717, 1.165) is 16.5 Å². The molecule has 0 spiro atoms. The van der Waals surface area contributed by atoms with Crippen LogP contribution < -0.4 is 0 Å². The number of nitrogens with zero attached hydrogens (tertiary/aromatic N) is 1. The van der Waals surface area contributed by atoms with Crippen LogP contribution in [-0.4, -0.2) is 16.7 Å². The van der Waals surface area contributed by atoms with Crippen molar-refractivity contribution in [3.8, 4) is 0 Å². The fourth-order valence-electron chi connectivity index (χ4n) is 1.44. The zero-order valence-corrected chi connectivity index (χ0v) is 8.33. The Bertz CT molecular complexity index is 456. The Balaban J connectivity index is 2.63. The molecule has 0 fully saturated rings. The maximum Gasteiger partial charge on any atom is 0.0717 e. The van der Waals surface area contributed by atoms with Crippen LogP contribution in [0, 0.1) is 0 Å². The predicted octanol–water partition coefficient (Wildman–Crippen LogP) is 2.42. The molecule has 2 rings (SSSR count). The van der Waals surface area contributed by atoms with E-state index in [9.17, 15) is 0 Å². The second-order valence-corrected chi connectivity index (χ2v) is 3.47. The fourth-order valence-corrected chi connectivity index (χ4v) is 1.75. The van der Waals surface area contributed by atoms with Gasteiger partial charge in [0.25, 0.3) is 0 Å². The van der Waals surface area contributed by atoms with Crippen LogP contribution in [0.15, 0.2) is 30.5 Å². The van der Waals surface area contributed by atoms with Crippen molar-refractivity contribution < 1.29 is 5.11 Å². The van der Waals surface area contributed by atoms with Crippen molar-refractivity contribution in [2.45, 2.75) is 6.42 Å². The van der Waals surface area contributed by atoms with E-state index in [1.807, 2.05) is 24.3 Å². The van der Waals surface area contributed by atoms with E-state index < -0.39 is 0 Å². The molecule has 0 aliphatic rings. The normalized spacial score (nSPS) is 10.7. The minimum atomic E-state index is 0.0970. The van der Waals surface area contributed by atoms with Crippen molar-refractivity contribution in [1.82, 2.24) is 4.98 Å². The average Bonchev–Trinajstić information content (AvgIpc) is 2.23. The molecule has 1 heterocycles. The molecule has 0 amide bonds. The minimum Gasteiger partial charge on any atom is -0.396 e. The van der Waals surface area contributed by atoms with Crippen molar-refractivity contribution in [1.29, 1.82) is 0 Å². The first-order valence-electron chi connectivity index (χ1n) is 4.46. The van der Waals surface area contributed by atoms with Crippen molar-refractivity contribution in [3.05, 3.63) is 41.0 Å². The Morgan fingerprint density at radius 2 is 2.07 bits per heavy atom. The molecule has 1 N–H and O–H groups in total. The third-order valence-electron chi connectivity index (χ3n) is 2.16. The van der Waals surface area contributed by atoms with Gasteiger partial charge in [0.15, 0.2) is 0 Å². The highest BCUT2D eigenvalue weighted by atomic mass is 35.5. The quantitative estimate of drug-likeness (QED) is 0.821. The van der Waals surface area contributed by atoms with Crippen LogP contribution in [0.5, 0.6) is 0 Å². The Morgan fingerprint density at radius 1 is 1.29 bits per heavy atom. The largest absolute Gasteiger partial charge is 0.396 e. The lowest BCUT2D eigenvalue weighted by Gasteiger charge is -2.04. The molecule has 0 radical (unpaired) electrons. The van der Waals surface area contributed by atoms with Gasteiger partial charge in [0.05, 0.1) is 10.5 Å². The zero-order chi connectivity index (χ0) is 9.97. The molecule has 0 unspecified atom stereocenters. The first-order chi connectivity index (χ1) is 6.83. The van der Waals surface area contributed by atoms with Crippen LogP contribution in [0.2, 0.25) is 5.02 Å². The van der Waals surface area contributed by atoms with Crippen LogP contribution >= 0.6 is 11.6 Å². The average molecular weight is 208 g/mol. The summed E-state index contributed by atoms with van der Waals surface area (Å²) in [6, 6.07) is 7.71. The van der Waals surface area contributed by atoms with Crippen LogP contribution in [-0.2, 0) is 6.42 Å². The minimum absolute atomic E-state index is 0.0970. The van der Waals surface area contributed by atoms with Gasteiger partial charge in [0.2, 0.25) is 0 Å². The van der Waals surface area contributed by atoms with Gasteiger partial charge >= 0.3 is 0 Å². The molecule has 0 aliphatic heterocycles. The number of pyridine rings is 1. The van der Waals surface area contributed by atoms with Gasteiger partial charge in [0, 0.05) is 18.2 Å². The zero-order valence-electron chi connectivity index (χ0n) is 7.57. The molecule has 0 aliphatic carbocycles. The highest BCUT2D eigenvalue weighted by Gasteiger charge is 2.04. The van der Waals surface area contributed by atoms with Gasteiger partial charge in [-0.15, -0.1) is 0 Å². The third-order valence-corrected chi connectivity index (χ3v) is 2.61. The van der Waals surface area contributed by atoms with E-state index in [-0.39, 0.29) is 6.61 Å². The summed E-state index contributed by atoms with van der Waals surface area (Å²) in [7, 11) is 0. The number of fused-ring (bicyclic) bond motifs is 1. The second-order valence-electron chi connectivity index (χ2n) is 3.09. The standard InChI is InChI=1S/C11H10ClNO/c12-11-8(5-6-14)7-13-10-4-2-1-3-9(10)11/h1-4,7,14H,5-6H2. The Morgan fingerprint density at radius 3 is 2.86 bits per heavy atom. The summed E-state index contributed by atoms with van der Waals surface area (Å²) in [6.45, 7) is 0.0970. The van der Waals surface area contributed by atoms with Gasteiger partial charge in [-0.2, -0.15) is 0 Å². The summed E-state index contributed by atoms with van der Waals surface area (Å²) in [5.74, 6) is 0. The summed E-state index contributed by atoms with van der Waals surface area (Å²) in [5, 5.41) is 10.5. The van der Waals surface area contributed by atoms with Crippen LogP contribution in [0.1, 0.15) is 5.56 Å². The highest BCUT2D eigenvalue weighted by molar-refractivity contribution is 6.36. The summed E-state index contributed by atoms with van der Waals surface area (Å²) in [4.78, 5) is 4.27. The van der Waals surface area contributed by atoms with E-state index in [1.165, 1.54) is 0 Å². The molecular weight excluding hydrogens is 198 g/mol. The van der Waals surface area contributed by atoms with Crippen molar-refractivity contribution >= 4 is 22.5 Å². The molecule has 2 nitrogen and oxygen atoms in total. The van der Waals surface area contributed by atoms with Crippen molar-refractivity contribution in [2.24, 2.45) is 0 Å². The number of rotatable bonds is 2. The lowest BCUT2D eigenvalue weighted by atomic mass is 10.1. The second kappa shape index (κ2) is 3.95. The summed E-state index contributed by atoms with van der Waals surface area (Å²) in [5.41, 5.74) is 1.78. The lowest BCUT2D eigenvalue weighted by Crippen LogP contribution is -1.93. The Labute approximate surface area is 87.2 Å². The first-order valence-corrected chi connectivity index (χ1v) is 4.83. The van der Waals surface area contributed by atoms with Crippen LogP contribution in [0.25, 0.3) is 10.9 Å². The van der Waals surface area contributed by atoms with Gasteiger partial charge in [-0.05, 0) is 18.1 Å². The molecule has 0 bridgehead atoms. The molecule has 2 aromatic rings. The lowest BCUT2D eigenvalue weighted by molar-refractivity contribution is 0.299. The Hall–Kier alpha value is -1.12. The molecule has 14 heavy (non-hydrogen) atoms. The Kier molecular flexibility index (Phi) is 2.66. The molecule has 1 aromatic carbocycles. The number of aliphatic hydroxyl groups excluding tert-OH is 1. The number of aromatic nitrogens is 1. The molecule has 0 saturated carbocycles. The predicted molar refractivity (Wildman–Crippen MR) is 57.5 cm³/mol. The van der Waals surface area contributed by atoms with E-state index >= 15 is 0 Å². The van der Waals surface area contributed by atoms with Gasteiger partial charge in [-0.1, -0.05) is 29.8 Å². The van der Waals surface area contributed by atoms with Crippen LogP contribution in [0.4, 0.5) is 0 Å². The molecular formula is C11H10ClNO. The van der Waals surface area contributed by atoms with E-state index in [0.29, 0.717) is 11.4 Å². The summed E-state index contributed by atoms with van der Waals surface area (Å²) in [6.07, 6.45) is 2.28. The van der Waals surface area contributed by atoms with Crippen molar-refractivity contribution in [3.63, 3.8) is 0 Å². The smallest absolute Gasteiger partial charge is 0.0717 e. The number of hydrogen-bond acceptors (Lipinski definition) is 2. The molecule has 0 atom stereocenters. The number of aliphatic hydroxyl groups is 1. The van der Waals surface area contributed by atoms with Gasteiger partial charge < -0.3 is 5.11 Å². The van der Waals surface area contributed by atoms with Crippen LogP contribution in [0.3, 0.4) is 0 Å². The third kappa shape index (κ3) is 1.59. The van der Waals surface area contributed by atoms with Crippen molar-refractivity contribution in [2.75, 3.05) is 6.61 Å². The van der Waals surface area contributed by atoms with Gasteiger partial charge in [-0.25, -0.2) is 0 Å². The maximum atomic E-state index is 8.83. The highest BCUT2D eigenvalue weighted by Crippen LogP contribution is 2.25. The monoisotopic (exact) mass is 207 g/mol. The summed E-state index contributed by atoms with van der Waals surface area (Å²) >= 11 is 6.17. The maximum absolute atomic E-state index is 8.83. The number of halogens is 1. The first kappa shape index (κ1) is 9.44. The molecule has 72 valence electrons. The van der Waals surface area contributed by atoms with E-state index in [4.69, 9.17) is 16.7 Å². The topological polar surface area (TPSA) is 33.1 Å². The van der Waals surface area contributed by atoms with E-state index in [2.05, 4.69) is 4.98 Å². The number of benzene rings is 1. The van der Waals surface area contributed by atoms with E-state index in [1.54, 1.807) is 6.20 Å². The summed E-state index contributed by atoms with van der Waals surface area (Å²) < 4.78 is 0. The molecule has 3 heteroatoms. The molecule has 0 saturated heterocycles. The number of hydrogen-bond donors (Lipinski definition) is 1. The SMILES string of the molecule is OCCc1cnc2ccccc2c1Cl. The fraction of sp³-hybridized carbons (Fsp3) is 0.182. The number of para-hydroxylation sites is 1. The molecule has 1 aromatic heterocycles.